The molecule has 1 aliphatic carbocycles. The number of ether oxygens (including phenoxy) is 1. The van der Waals surface area contributed by atoms with E-state index < -0.39 is 0 Å². The highest BCUT2D eigenvalue weighted by Crippen LogP contribution is 2.26. The van der Waals surface area contributed by atoms with Crippen LogP contribution in [0.3, 0.4) is 0 Å². The first-order chi connectivity index (χ1) is 8.86. The van der Waals surface area contributed by atoms with E-state index in [1.807, 2.05) is 37.5 Å². The van der Waals surface area contributed by atoms with Crippen LogP contribution >= 0.6 is 0 Å². The van der Waals surface area contributed by atoms with Gasteiger partial charge in [-0.15, -0.1) is 0 Å². The maximum atomic E-state index is 5.52. The molecule has 4 heteroatoms. The number of hydrogen-bond acceptors (Lipinski definition) is 3. The largest absolute Gasteiger partial charge is 0.494 e. The second-order valence-corrected chi connectivity index (χ2v) is 4.47. The minimum atomic E-state index is 0.598. The van der Waals surface area contributed by atoms with Crippen LogP contribution in [0.15, 0.2) is 36.7 Å². The number of benzene rings is 1. The molecule has 1 heterocycles. The summed E-state index contributed by atoms with van der Waals surface area (Å²) < 4.78 is 7.58. The number of imidazole rings is 1. The van der Waals surface area contributed by atoms with Crippen LogP contribution in [0.5, 0.6) is 5.75 Å². The molecule has 0 aliphatic heterocycles. The normalized spacial score (nSPS) is 14.5. The Morgan fingerprint density at radius 3 is 3.11 bits per heavy atom. The fraction of sp³-hybridized carbons (Fsp3) is 0.357. The first-order valence-electron chi connectivity index (χ1n) is 6.40. The minimum Gasteiger partial charge on any atom is -0.494 e. The minimum absolute atomic E-state index is 0.598. The molecule has 0 atom stereocenters. The van der Waals surface area contributed by atoms with Gasteiger partial charge >= 0.3 is 0 Å². The van der Waals surface area contributed by atoms with E-state index in [1.165, 1.54) is 12.8 Å². The van der Waals surface area contributed by atoms with Gasteiger partial charge in [-0.05, 0) is 31.9 Å². The number of aromatic nitrogens is 2. The van der Waals surface area contributed by atoms with Gasteiger partial charge in [-0.25, -0.2) is 4.98 Å². The Hall–Kier alpha value is -1.97. The van der Waals surface area contributed by atoms with E-state index in [1.54, 1.807) is 0 Å². The second kappa shape index (κ2) is 4.72. The number of anilines is 1. The van der Waals surface area contributed by atoms with Gasteiger partial charge in [0.2, 0.25) is 5.95 Å². The van der Waals surface area contributed by atoms with Crippen molar-refractivity contribution in [1.29, 1.82) is 0 Å². The first-order valence-corrected chi connectivity index (χ1v) is 6.40. The Morgan fingerprint density at radius 2 is 2.33 bits per heavy atom. The lowest BCUT2D eigenvalue weighted by molar-refractivity contribution is 0.340. The predicted molar refractivity (Wildman–Crippen MR) is 71.4 cm³/mol. The van der Waals surface area contributed by atoms with Gasteiger partial charge in [-0.3, -0.25) is 4.57 Å². The molecule has 0 unspecified atom stereocenters. The molecule has 1 N–H and O–H groups in total. The van der Waals surface area contributed by atoms with Crippen LogP contribution in [0.4, 0.5) is 5.95 Å². The fourth-order valence-corrected chi connectivity index (χ4v) is 1.92. The molecule has 1 aromatic carbocycles. The molecule has 1 aliphatic rings. The Balaban J connectivity index is 1.88. The molecule has 3 rings (SSSR count). The van der Waals surface area contributed by atoms with Crippen molar-refractivity contribution in [3.63, 3.8) is 0 Å². The summed E-state index contributed by atoms with van der Waals surface area (Å²) in [6.07, 6.45) is 6.27. The lowest BCUT2D eigenvalue weighted by Crippen LogP contribution is -2.07. The predicted octanol–water partition coefficient (Wildman–Crippen LogP) is 2.85. The topological polar surface area (TPSA) is 39.1 Å². The van der Waals surface area contributed by atoms with E-state index in [0.717, 1.165) is 17.4 Å². The van der Waals surface area contributed by atoms with Crippen molar-refractivity contribution < 1.29 is 4.74 Å². The van der Waals surface area contributed by atoms with E-state index in [-0.39, 0.29) is 0 Å². The average Bonchev–Trinajstić information content (AvgIpc) is 3.06. The van der Waals surface area contributed by atoms with Crippen LogP contribution in [0.25, 0.3) is 5.69 Å². The lowest BCUT2D eigenvalue weighted by Gasteiger charge is -2.10. The molecule has 0 bridgehead atoms. The van der Waals surface area contributed by atoms with Gasteiger partial charge in [-0.1, -0.05) is 6.07 Å². The van der Waals surface area contributed by atoms with Crippen LogP contribution in [0, 0.1) is 0 Å². The smallest absolute Gasteiger partial charge is 0.207 e. The second-order valence-electron chi connectivity index (χ2n) is 4.47. The zero-order chi connectivity index (χ0) is 12.4. The SMILES string of the molecule is CCOc1cccc(-n2ccnc2NC2CC2)c1. The zero-order valence-electron chi connectivity index (χ0n) is 10.5. The molecule has 4 nitrogen and oxygen atoms in total. The summed E-state index contributed by atoms with van der Waals surface area (Å²) in [4.78, 5) is 4.36. The highest BCUT2D eigenvalue weighted by Gasteiger charge is 2.22. The van der Waals surface area contributed by atoms with Crippen LogP contribution in [0.2, 0.25) is 0 Å². The van der Waals surface area contributed by atoms with Crippen molar-refractivity contribution in [3.8, 4) is 11.4 Å². The summed E-state index contributed by atoms with van der Waals surface area (Å²) >= 11 is 0. The Morgan fingerprint density at radius 1 is 1.44 bits per heavy atom. The molecule has 18 heavy (non-hydrogen) atoms. The summed E-state index contributed by atoms with van der Waals surface area (Å²) in [5.74, 6) is 1.80. The van der Waals surface area contributed by atoms with Gasteiger partial charge in [0.25, 0.3) is 0 Å². The number of nitrogens with zero attached hydrogens (tertiary/aromatic N) is 2. The van der Waals surface area contributed by atoms with Crippen molar-refractivity contribution >= 4 is 5.95 Å². The Bertz CT molecular complexity index is 531. The van der Waals surface area contributed by atoms with Crippen molar-refractivity contribution in [2.45, 2.75) is 25.8 Å². The standard InChI is InChI=1S/C14H17N3O/c1-2-18-13-5-3-4-12(10-13)17-9-8-15-14(17)16-11-6-7-11/h3-5,8-11H,2,6-7H2,1H3,(H,15,16). The summed E-state index contributed by atoms with van der Waals surface area (Å²) in [6, 6.07) is 8.66. The maximum Gasteiger partial charge on any atom is 0.207 e. The molecule has 2 aromatic rings. The third-order valence-corrected chi connectivity index (χ3v) is 2.96. The van der Waals surface area contributed by atoms with Gasteiger partial charge in [-0.2, -0.15) is 0 Å². The molecule has 0 radical (unpaired) electrons. The van der Waals surface area contributed by atoms with Gasteiger partial charge < -0.3 is 10.1 Å². The van der Waals surface area contributed by atoms with Gasteiger partial charge in [0.1, 0.15) is 5.75 Å². The van der Waals surface area contributed by atoms with Crippen LogP contribution in [0.1, 0.15) is 19.8 Å². The van der Waals surface area contributed by atoms with Crippen LogP contribution < -0.4 is 10.1 Å². The van der Waals surface area contributed by atoms with E-state index in [9.17, 15) is 0 Å². The van der Waals surface area contributed by atoms with Crippen molar-refractivity contribution in [3.05, 3.63) is 36.7 Å². The highest BCUT2D eigenvalue weighted by molar-refractivity contribution is 5.46. The molecule has 1 saturated carbocycles. The quantitative estimate of drug-likeness (QED) is 0.877. The molecule has 1 aromatic heterocycles. The Kier molecular flexibility index (Phi) is 2.92. The van der Waals surface area contributed by atoms with E-state index in [4.69, 9.17) is 4.74 Å². The van der Waals surface area contributed by atoms with Crippen molar-refractivity contribution in [2.24, 2.45) is 0 Å². The number of nitrogens with one attached hydrogen (secondary N) is 1. The maximum absolute atomic E-state index is 5.52. The summed E-state index contributed by atoms with van der Waals surface area (Å²) in [5.41, 5.74) is 1.07. The zero-order valence-corrected chi connectivity index (χ0v) is 10.5. The third kappa shape index (κ3) is 2.32. The van der Waals surface area contributed by atoms with Crippen LogP contribution in [-0.4, -0.2) is 22.2 Å². The van der Waals surface area contributed by atoms with E-state index in [2.05, 4.69) is 20.9 Å². The molecule has 94 valence electrons. The Labute approximate surface area is 107 Å². The molecule has 0 saturated heterocycles. The summed E-state index contributed by atoms with van der Waals surface area (Å²) in [5, 5.41) is 3.43. The number of rotatable bonds is 5. The van der Waals surface area contributed by atoms with E-state index >= 15 is 0 Å². The third-order valence-electron chi connectivity index (χ3n) is 2.96. The molecular weight excluding hydrogens is 226 g/mol. The van der Waals surface area contributed by atoms with Gasteiger partial charge in [0.15, 0.2) is 0 Å². The summed E-state index contributed by atoms with van der Waals surface area (Å²) in [7, 11) is 0. The lowest BCUT2D eigenvalue weighted by atomic mass is 10.3. The van der Waals surface area contributed by atoms with Crippen molar-refractivity contribution in [2.75, 3.05) is 11.9 Å². The molecule has 0 spiro atoms. The van der Waals surface area contributed by atoms with E-state index in [0.29, 0.717) is 12.6 Å². The van der Waals surface area contributed by atoms with Crippen LogP contribution in [-0.2, 0) is 0 Å². The fourth-order valence-electron chi connectivity index (χ4n) is 1.92. The monoisotopic (exact) mass is 243 g/mol. The van der Waals surface area contributed by atoms with Gasteiger partial charge in [0.05, 0.1) is 12.3 Å². The molecular formula is C14H17N3O. The molecule has 0 amide bonds. The molecule has 1 fully saturated rings. The highest BCUT2D eigenvalue weighted by atomic mass is 16.5. The number of hydrogen-bond donors (Lipinski definition) is 1. The van der Waals surface area contributed by atoms with Crippen molar-refractivity contribution in [1.82, 2.24) is 9.55 Å². The first kappa shape index (κ1) is 11.1. The van der Waals surface area contributed by atoms with Gasteiger partial charge in [0, 0.05) is 24.5 Å². The summed E-state index contributed by atoms with van der Waals surface area (Å²) in [6.45, 7) is 2.67. The average molecular weight is 243 g/mol.